The molecule has 0 amide bonds. The SMILES string of the molecule is CCN(CC(C)C)C(CN)CC(OC)OC. The maximum Gasteiger partial charge on any atom is 0.158 e. The van der Waals surface area contributed by atoms with Crippen LogP contribution in [0.3, 0.4) is 0 Å². The topological polar surface area (TPSA) is 47.7 Å². The van der Waals surface area contributed by atoms with E-state index in [9.17, 15) is 0 Å². The molecule has 4 nitrogen and oxygen atoms in total. The van der Waals surface area contributed by atoms with Gasteiger partial charge in [0.1, 0.15) is 0 Å². The van der Waals surface area contributed by atoms with Crippen molar-refractivity contribution in [1.29, 1.82) is 0 Å². The molecule has 4 heteroatoms. The van der Waals surface area contributed by atoms with Crippen molar-refractivity contribution in [3.8, 4) is 0 Å². The van der Waals surface area contributed by atoms with Gasteiger partial charge in [0.2, 0.25) is 0 Å². The molecule has 0 radical (unpaired) electrons. The molecule has 0 aromatic rings. The van der Waals surface area contributed by atoms with Crippen LogP contribution in [0.15, 0.2) is 0 Å². The minimum atomic E-state index is -0.158. The first-order valence-corrected chi connectivity index (χ1v) is 6.08. The van der Waals surface area contributed by atoms with Crippen LogP contribution in [-0.4, -0.2) is 51.1 Å². The summed E-state index contributed by atoms with van der Waals surface area (Å²) in [5.74, 6) is 0.650. The van der Waals surface area contributed by atoms with Gasteiger partial charge in [-0.15, -0.1) is 0 Å². The molecule has 0 fully saturated rings. The second kappa shape index (κ2) is 8.93. The zero-order valence-electron chi connectivity index (χ0n) is 11.4. The van der Waals surface area contributed by atoms with E-state index in [1.54, 1.807) is 14.2 Å². The zero-order chi connectivity index (χ0) is 12.6. The van der Waals surface area contributed by atoms with Crippen molar-refractivity contribution in [2.24, 2.45) is 11.7 Å². The van der Waals surface area contributed by atoms with Crippen LogP contribution in [-0.2, 0) is 9.47 Å². The third-order valence-corrected chi connectivity index (χ3v) is 2.78. The van der Waals surface area contributed by atoms with Crippen LogP contribution in [0.25, 0.3) is 0 Å². The molecule has 0 aromatic carbocycles. The molecule has 0 aliphatic carbocycles. The van der Waals surface area contributed by atoms with Gasteiger partial charge in [-0.25, -0.2) is 0 Å². The molecule has 0 rings (SSSR count). The summed E-state index contributed by atoms with van der Waals surface area (Å²) in [5.41, 5.74) is 5.83. The smallest absolute Gasteiger partial charge is 0.158 e. The van der Waals surface area contributed by atoms with Gasteiger partial charge in [0.25, 0.3) is 0 Å². The van der Waals surface area contributed by atoms with Crippen LogP contribution in [0, 0.1) is 5.92 Å². The Labute approximate surface area is 100 Å². The first-order valence-electron chi connectivity index (χ1n) is 6.08. The summed E-state index contributed by atoms with van der Waals surface area (Å²) in [6, 6.07) is 0.331. The van der Waals surface area contributed by atoms with E-state index in [-0.39, 0.29) is 6.29 Å². The number of hydrogen-bond acceptors (Lipinski definition) is 4. The highest BCUT2D eigenvalue weighted by Gasteiger charge is 2.20. The molecule has 0 aromatic heterocycles. The fourth-order valence-electron chi connectivity index (χ4n) is 1.91. The summed E-state index contributed by atoms with van der Waals surface area (Å²) in [4.78, 5) is 2.40. The van der Waals surface area contributed by atoms with Gasteiger partial charge < -0.3 is 15.2 Å². The third kappa shape index (κ3) is 5.80. The average Bonchev–Trinajstić information content (AvgIpc) is 2.28. The fourth-order valence-corrected chi connectivity index (χ4v) is 1.91. The van der Waals surface area contributed by atoms with Gasteiger partial charge in [-0.1, -0.05) is 20.8 Å². The Kier molecular flexibility index (Phi) is 8.84. The van der Waals surface area contributed by atoms with E-state index in [2.05, 4.69) is 25.7 Å². The molecule has 16 heavy (non-hydrogen) atoms. The summed E-state index contributed by atoms with van der Waals surface area (Å²) in [7, 11) is 3.33. The molecule has 0 saturated carbocycles. The number of hydrogen-bond donors (Lipinski definition) is 1. The standard InChI is InChI=1S/C12H28N2O2/c1-6-14(9-10(2)3)11(8-13)7-12(15-4)16-5/h10-12H,6-9,13H2,1-5H3. The van der Waals surface area contributed by atoms with E-state index in [4.69, 9.17) is 15.2 Å². The van der Waals surface area contributed by atoms with Crippen LogP contribution in [0.4, 0.5) is 0 Å². The minimum absolute atomic E-state index is 0.158. The van der Waals surface area contributed by atoms with Crippen LogP contribution >= 0.6 is 0 Å². The number of ether oxygens (including phenoxy) is 2. The van der Waals surface area contributed by atoms with E-state index < -0.39 is 0 Å². The largest absolute Gasteiger partial charge is 0.356 e. The highest BCUT2D eigenvalue weighted by Crippen LogP contribution is 2.11. The summed E-state index contributed by atoms with van der Waals surface area (Å²) in [6.45, 7) is 9.34. The second-order valence-electron chi connectivity index (χ2n) is 4.51. The maximum absolute atomic E-state index is 5.83. The van der Waals surface area contributed by atoms with Gasteiger partial charge in [-0.05, 0) is 12.5 Å². The first-order chi connectivity index (χ1) is 7.58. The predicted octanol–water partition coefficient (Wildman–Crippen LogP) is 1.30. The van der Waals surface area contributed by atoms with E-state index >= 15 is 0 Å². The number of likely N-dealkylation sites (N-methyl/N-ethyl adjacent to an activating group) is 1. The molecule has 0 aliphatic rings. The summed E-state index contributed by atoms with van der Waals surface area (Å²) in [5, 5.41) is 0. The molecule has 0 aliphatic heterocycles. The average molecular weight is 232 g/mol. The highest BCUT2D eigenvalue weighted by molar-refractivity contribution is 4.74. The molecule has 0 heterocycles. The van der Waals surface area contributed by atoms with Crippen molar-refractivity contribution in [2.45, 2.75) is 39.5 Å². The Hall–Kier alpha value is -0.160. The maximum atomic E-state index is 5.83. The Morgan fingerprint density at radius 2 is 1.75 bits per heavy atom. The summed E-state index contributed by atoms with van der Waals surface area (Å²) >= 11 is 0. The van der Waals surface area contributed by atoms with E-state index in [1.807, 2.05) is 0 Å². The van der Waals surface area contributed by atoms with Gasteiger partial charge in [0.15, 0.2) is 6.29 Å². The quantitative estimate of drug-likeness (QED) is 0.609. The molecular formula is C12H28N2O2. The summed E-state index contributed by atoms with van der Waals surface area (Å²) in [6.07, 6.45) is 0.666. The second-order valence-corrected chi connectivity index (χ2v) is 4.51. The van der Waals surface area contributed by atoms with Gasteiger partial charge in [-0.2, -0.15) is 0 Å². The Bertz CT molecular complexity index is 161. The third-order valence-electron chi connectivity index (χ3n) is 2.78. The molecule has 1 atom stereocenters. The number of nitrogens with two attached hydrogens (primary N) is 1. The van der Waals surface area contributed by atoms with E-state index in [0.717, 1.165) is 19.5 Å². The van der Waals surface area contributed by atoms with Gasteiger partial charge in [0, 0.05) is 39.8 Å². The van der Waals surface area contributed by atoms with E-state index in [1.165, 1.54) is 0 Å². The van der Waals surface area contributed by atoms with Crippen LogP contribution in [0.2, 0.25) is 0 Å². The Morgan fingerprint density at radius 3 is 2.06 bits per heavy atom. The normalized spacial score (nSPS) is 14.1. The van der Waals surface area contributed by atoms with Gasteiger partial charge >= 0.3 is 0 Å². The number of rotatable bonds is 9. The first kappa shape index (κ1) is 15.8. The minimum Gasteiger partial charge on any atom is -0.356 e. The summed E-state index contributed by atoms with van der Waals surface area (Å²) < 4.78 is 10.5. The lowest BCUT2D eigenvalue weighted by molar-refractivity contribution is -0.116. The molecular weight excluding hydrogens is 204 g/mol. The number of methoxy groups -OCH3 is 2. The molecule has 0 spiro atoms. The van der Waals surface area contributed by atoms with Crippen LogP contribution in [0.1, 0.15) is 27.2 Å². The molecule has 0 bridgehead atoms. The van der Waals surface area contributed by atoms with Crippen LogP contribution in [0.5, 0.6) is 0 Å². The lowest BCUT2D eigenvalue weighted by atomic mass is 10.1. The van der Waals surface area contributed by atoms with Gasteiger partial charge in [-0.3, -0.25) is 4.90 Å². The lowest BCUT2D eigenvalue weighted by Gasteiger charge is -2.32. The zero-order valence-corrected chi connectivity index (χ0v) is 11.4. The lowest BCUT2D eigenvalue weighted by Crippen LogP contribution is -2.44. The Balaban J connectivity index is 4.30. The van der Waals surface area contributed by atoms with Crippen molar-refractivity contribution < 1.29 is 9.47 Å². The molecule has 98 valence electrons. The van der Waals surface area contributed by atoms with Crippen LogP contribution < -0.4 is 5.73 Å². The van der Waals surface area contributed by atoms with Crippen molar-refractivity contribution in [2.75, 3.05) is 33.9 Å². The van der Waals surface area contributed by atoms with Crippen molar-refractivity contribution in [1.82, 2.24) is 4.90 Å². The number of nitrogens with zero attached hydrogens (tertiary/aromatic N) is 1. The highest BCUT2D eigenvalue weighted by atomic mass is 16.7. The molecule has 2 N–H and O–H groups in total. The molecule has 0 saturated heterocycles. The van der Waals surface area contributed by atoms with Crippen molar-refractivity contribution >= 4 is 0 Å². The molecule has 1 unspecified atom stereocenters. The van der Waals surface area contributed by atoms with Crippen molar-refractivity contribution in [3.63, 3.8) is 0 Å². The Morgan fingerprint density at radius 1 is 1.19 bits per heavy atom. The van der Waals surface area contributed by atoms with Gasteiger partial charge in [0.05, 0.1) is 0 Å². The van der Waals surface area contributed by atoms with E-state index in [0.29, 0.717) is 18.5 Å². The fraction of sp³-hybridized carbons (Fsp3) is 1.00. The monoisotopic (exact) mass is 232 g/mol. The van der Waals surface area contributed by atoms with Crippen molar-refractivity contribution in [3.05, 3.63) is 0 Å². The predicted molar refractivity (Wildman–Crippen MR) is 67.4 cm³/mol.